The predicted octanol–water partition coefficient (Wildman–Crippen LogP) is 2.05. The molecule has 1 aliphatic heterocycles. The number of hydrogen-bond acceptors (Lipinski definition) is 4. The van der Waals surface area contributed by atoms with Gasteiger partial charge in [0.15, 0.2) is 0 Å². The molecule has 2 rings (SSSR count). The third kappa shape index (κ3) is 2.98. The van der Waals surface area contributed by atoms with E-state index < -0.39 is 9.92 Å². The Kier molecular flexibility index (Phi) is 3.62. The molecule has 0 aromatic carbocycles. The topological polar surface area (TPSA) is 82.5 Å². The Morgan fingerprint density at radius 2 is 2.05 bits per heavy atom. The number of hydrogen-bond donors (Lipinski definition) is 1. The van der Waals surface area contributed by atoms with Crippen LogP contribution in [0.5, 0.6) is 5.88 Å². The van der Waals surface area contributed by atoms with Gasteiger partial charge >= 0.3 is 0 Å². The van der Waals surface area contributed by atoms with Gasteiger partial charge in [-0.15, -0.1) is 0 Å². The van der Waals surface area contributed by atoms with Crippen LogP contribution in [0.1, 0.15) is 34.1 Å². The number of nitrogens with two attached hydrogens (primary N) is 1. The minimum absolute atomic E-state index is 0.0368. The molecule has 0 fully saturated rings. The van der Waals surface area contributed by atoms with Crippen LogP contribution in [0.15, 0.2) is 15.5 Å². The molecular formula is C13H24N4O2S. The first-order chi connectivity index (χ1) is 9.06. The van der Waals surface area contributed by atoms with Gasteiger partial charge in [-0.25, -0.2) is 18.4 Å². The van der Waals surface area contributed by atoms with Gasteiger partial charge in [-0.05, 0) is 17.3 Å². The van der Waals surface area contributed by atoms with E-state index in [-0.39, 0.29) is 10.8 Å². The van der Waals surface area contributed by atoms with Crippen molar-refractivity contribution in [2.24, 2.45) is 20.3 Å². The highest BCUT2D eigenvalue weighted by Crippen LogP contribution is 2.39. The van der Waals surface area contributed by atoms with Gasteiger partial charge in [0.25, 0.3) is 0 Å². The van der Waals surface area contributed by atoms with E-state index in [4.69, 9.17) is 9.88 Å². The van der Waals surface area contributed by atoms with Gasteiger partial charge in [-0.3, -0.25) is 0 Å². The quantitative estimate of drug-likeness (QED) is 0.861. The lowest BCUT2D eigenvalue weighted by molar-refractivity contribution is 0.0715. The average Bonchev–Trinajstić information content (AvgIpc) is 2.66. The Labute approximate surface area is 121 Å². The predicted molar refractivity (Wildman–Crippen MR) is 78.8 cm³/mol. The lowest BCUT2D eigenvalue weighted by atomic mass is 9.75. The molecule has 1 atom stereocenters. The molecule has 0 aliphatic carbocycles. The first-order valence-corrected chi connectivity index (χ1v) is 8.26. The smallest absolute Gasteiger partial charge is 0.230 e. The van der Waals surface area contributed by atoms with E-state index in [0.29, 0.717) is 23.9 Å². The minimum atomic E-state index is -2.93. The van der Waals surface area contributed by atoms with Crippen LogP contribution in [0.2, 0.25) is 0 Å². The molecule has 1 aliphatic rings. The first-order valence-electron chi connectivity index (χ1n) is 6.68. The van der Waals surface area contributed by atoms with E-state index in [1.54, 1.807) is 4.68 Å². The molecule has 1 unspecified atom stereocenters. The van der Waals surface area contributed by atoms with Crippen LogP contribution in [-0.4, -0.2) is 27.6 Å². The largest absolute Gasteiger partial charge is 0.476 e. The average molecular weight is 300 g/mol. The van der Waals surface area contributed by atoms with E-state index in [9.17, 15) is 4.21 Å². The Morgan fingerprint density at radius 1 is 1.40 bits per heavy atom. The van der Waals surface area contributed by atoms with Gasteiger partial charge in [0.2, 0.25) is 5.88 Å². The summed E-state index contributed by atoms with van der Waals surface area (Å²) in [4.78, 5) is 0.383. The fourth-order valence-corrected chi connectivity index (χ4v) is 3.80. The summed E-state index contributed by atoms with van der Waals surface area (Å²) >= 11 is 0. The van der Waals surface area contributed by atoms with Gasteiger partial charge in [-0.2, -0.15) is 5.10 Å². The summed E-state index contributed by atoms with van der Waals surface area (Å²) in [5.41, 5.74) is 0.110. The fourth-order valence-electron chi connectivity index (χ4n) is 2.99. The molecule has 0 radical (unpaired) electrons. The van der Waals surface area contributed by atoms with Crippen LogP contribution in [0.4, 0.5) is 0 Å². The van der Waals surface area contributed by atoms with Crippen LogP contribution in [-0.2, 0) is 16.5 Å². The molecule has 20 heavy (non-hydrogen) atoms. The fraction of sp³-hybridized carbons (Fsp3) is 0.769. The van der Waals surface area contributed by atoms with Crippen molar-refractivity contribution in [1.29, 1.82) is 0 Å². The van der Waals surface area contributed by atoms with E-state index in [1.807, 2.05) is 0 Å². The number of nitrogens with zero attached hydrogens (tertiary/aromatic N) is 3. The van der Waals surface area contributed by atoms with E-state index >= 15 is 0 Å². The molecule has 0 spiro atoms. The van der Waals surface area contributed by atoms with Gasteiger partial charge in [0.1, 0.15) is 14.8 Å². The summed E-state index contributed by atoms with van der Waals surface area (Å²) in [6, 6.07) is 0. The van der Waals surface area contributed by atoms with Gasteiger partial charge < -0.3 is 4.74 Å². The van der Waals surface area contributed by atoms with Crippen molar-refractivity contribution in [3.05, 3.63) is 6.20 Å². The zero-order chi connectivity index (χ0) is 15.2. The third-order valence-electron chi connectivity index (χ3n) is 3.48. The molecule has 2 N–H and O–H groups in total. The van der Waals surface area contributed by atoms with Crippen LogP contribution in [0.25, 0.3) is 0 Å². The Balaban J connectivity index is 2.53. The molecule has 1 aromatic rings. The van der Waals surface area contributed by atoms with Crippen molar-refractivity contribution in [2.45, 2.75) is 45.6 Å². The molecule has 0 saturated heterocycles. The first kappa shape index (κ1) is 15.3. The van der Waals surface area contributed by atoms with Gasteiger partial charge in [0, 0.05) is 13.6 Å². The number of aromatic nitrogens is 2. The summed E-state index contributed by atoms with van der Waals surface area (Å²) < 4.78 is 23.7. The number of ether oxygens (including phenoxy) is 1. The lowest BCUT2D eigenvalue weighted by Gasteiger charge is -2.37. The van der Waals surface area contributed by atoms with E-state index in [2.05, 4.69) is 37.2 Å². The summed E-state index contributed by atoms with van der Waals surface area (Å²) in [7, 11) is -1.48. The Bertz CT molecular complexity index is 624. The van der Waals surface area contributed by atoms with Crippen molar-refractivity contribution in [3.63, 3.8) is 0 Å². The van der Waals surface area contributed by atoms with Crippen molar-refractivity contribution in [2.75, 3.05) is 13.7 Å². The zero-order valence-electron chi connectivity index (χ0n) is 12.8. The molecule has 0 saturated carbocycles. The van der Waals surface area contributed by atoms with E-state index in [1.165, 1.54) is 13.2 Å². The van der Waals surface area contributed by atoms with Crippen LogP contribution in [0.3, 0.4) is 0 Å². The number of rotatable bonds is 1. The zero-order valence-corrected chi connectivity index (χ0v) is 13.7. The lowest BCUT2D eigenvalue weighted by Crippen LogP contribution is -2.35. The highest BCUT2D eigenvalue weighted by atomic mass is 32.2. The standard InChI is InChI=1S/C13H24N4O2S/c1-12(2)7-13(3,4)9-19-11-10(20(14,18)15-5)6-16-17(11)8-12/h6H,7-9H2,1-5H3,(H2,14,15,18). The van der Waals surface area contributed by atoms with Crippen molar-refractivity contribution in [1.82, 2.24) is 9.78 Å². The summed E-state index contributed by atoms with van der Waals surface area (Å²) in [5, 5.41) is 10.0. The van der Waals surface area contributed by atoms with Crippen molar-refractivity contribution < 1.29 is 8.95 Å². The Morgan fingerprint density at radius 3 is 2.65 bits per heavy atom. The molecule has 114 valence electrons. The second-order valence-corrected chi connectivity index (χ2v) is 8.96. The highest BCUT2D eigenvalue weighted by molar-refractivity contribution is 7.91. The molecule has 0 amide bonds. The second kappa shape index (κ2) is 4.73. The van der Waals surface area contributed by atoms with Crippen molar-refractivity contribution >= 4 is 9.92 Å². The Hall–Kier alpha value is -1.08. The maximum Gasteiger partial charge on any atom is 0.230 e. The van der Waals surface area contributed by atoms with Crippen LogP contribution < -0.4 is 9.88 Å². The maximum absolute atomic E-state index is 12.3. The summed E-state index contributed by atoms with van der Waals surface area (Å²) in [6.07, 6.45) is 2.53. The maximum atomic E-state index is 12.3. The molecule has 0 bridgehead atoms. The normalized spacial score (nSPS) is 23.7. The van der Waals surface area contributed by atoms with Crippen molar-refractivity contribution in [3.8, 4) is 5.88 Å². The second-order valence-electron chi connectivity index (χ2n) is 7.02. The summed E-state index contributed by atoms with van der Waals surface area (Å²) in [5.74, 6) is 0.490. The third-order valence-corrected chi connectivity index (χ3v) is 4.93. The molecule has 1 aromatic heterocycles. The molecular weight excluding hydrogens is 276 g/mol. The minimum Gasteiger partial charge on any atom is -0.476 e. The SMILES string of the molecule is CN=S(N)(=O)c1cnn2c1OCC(C)(C)CC(C)(C)C2. The van der Waals surface area contributed by atoms with E-state index in [0.717, 1.165) is 6.42 Å². The number of fused-ring (bicyclic) bond motifs is 1. The molecule has 2 heterocycles. The van der Waals surface area contributed by atoms with Gasteiger partial charge in [0.05, 0.1) is 12.8 Å². The molecule has 6 nitrogen and oxygen atoms in total. The monoisotopic (exact) mass is 300 g/mol. The van der Waals surface area contributed by atoms with Gasteiger partial charge in [-0.1, -0.05) is 27.7 Å². The van der Waals surface area contributed by atoms with Crippen LogP contribution in [0, 0.1) is 10.8 Å². The highest BCUT2D eigenvalue weighted by Gasteiger charge is 2.35. The molecule has 7 heteroatoms. The summed E-state index contributed by atoms with van der Waals surface area (Å²) in [6.45, 7) is 9.98. The van der Waals surface area contributed by atoms with Crippen LogP contribution >= 0.6 is 0 Å².